The zero-order valence-corrected chi connectivity index (χ0v) is 11.2. The number of amides is 2. The number of carbonyl (C=O) groups is 2. The highest BCUT2D eigenvalue weighted by atomic mass is 16.4. The average molecular weight is 265 g/mol. The van der Waals surface area contributed by atoms with Crippen molar-refractivity contribution in [3.8, 4) is 0 Å². The van der Waals surface area contributed by atoms with Gasteiger partial charge in [0.05, 0.1) is 12.2 Å². The van der Waals surface area contributed by atoms with Crippen LogP contribution in [0.15, 0.2) is 18.3 Å². The summed E-state index contributed by atoms with van der Waals surface area (Å²) in [5, 5.41) is 11.4. The molecule has 1 heterocycles. The van der Waals surface area contributed by atoms with E-state index in [2.05, 4.69) is 10.3 Å². The minimum Gasteiger partial charge on any atom is -0.480 e. The molecular formula is C13H19N3O3. The van der Waals surface area contributed by atoms with Crippen LogP contribution in [0, 0.1) is 6.92 Å². The van der Waals surface area contributed by atoms with Gasteiger partial charge in [-0.3, -0.25) is 9.78 Å². The molecule has 0 unspecified atom stereocenters. The molecule has 0 spiro atoms. The van der Waals surface area contributed by atoms with E-state index in [-0.39, 0.29) is 12.6 Å². The predicted molar refractivity (Wildman–Crippen MR) is 70.7 cm³/mol. The number of carbonyl (C=O) groups excluding carboxylic acids is 1. The third kappa shape index (κ3) is 4.95. The first kappa shape index (κ1) is 14.9. The van der Waals surface area contributed by atoms with Gasteiger partial charge in [0.25, 0.3) is 0 Å². The molecule has 19 heavy (non-hydrogen) atoms. The number of hydrogen-bond donors (Lipinski definition) is 2. The molecule has 0 atom stereocenters. The maximum atomic E-state index is 11.9. The van der Waals surface area contributed by atoms with Gasteiger partial charge in [-0.2, -0.15) is 0 Å². The van der Waals surface area contributed by atoms with Crippen molar-refractivity contribution in [2.45, 2.75) is 26.8 Å². The Morgan fingerprint density at radius 1 is 1.47 bits per heavy atom. The molecule has 0 saturated carbocycles. The molecule has 6 nitrogen and oxygen atoms in total. The van der Waals surface area contributed by atoms with Crippen LogP contribution in [-0.4, -0.2) is 40.1 Å². The van der Waals surface area contributed by atoms with Crippen molar-refractivity contribution < 1.29 is 14.7 Å². The minimum atomic E-state index is -1.02. The molecule has 0 aliphatic heterocycles. The van der Waals surface area contributed by atoms with Crippen LogP contribution in [0.1, 0.15) is 24.6 Å². The Morgan fingerprint density at radius 3 is 2.79 bits per heavy atom. The molecular weight excluding hydrogens is 246 g/mol. The van der Waals surface area contributed by atoms with Gasteiger partial charge >= 0.3 is 12.0 Å². The number of pyridine rings is 1. The number of urea groups is 1. The second kappa shape index (κ2) is 7.35. The van der Waals surface area contributed by atoms with Crippen LogP contribution in [0.25, 0.3) is 0 Å². The molecule has 1 aromatic heterocycles. The predicted octanol–water partition coefficient (Wildman–Crippen LogP) is 1.40. The van der Waals surface area contributed by atoms with Gasteiger partial charge in [0, 0.05) is 12.7 Å². The Kier molecular flexibility index (Phi) is 5.78. The number of carboxylic acids is 1. The summed E-state index contributed by atoms with van der Waals surface area (Å²) in [7, 11) is 0. The second-order valence-electron chi connectivity index (χ2n) is 4.24. The smallest absolute Gasteiger partial charge is 0.323 e. The van der Waals surface area contributed by atoms with Gasteiger partial charge in [-0.1, -0.05) is 13.0 Å². The fourth-order valence-electron chi connectivity index (χ4n) is 1.66. The van der Waals surface area contributed by atoms with E-state index < -0.39 is 5.97 Å². The third-order valence-corrected chi connectivity index (χ3v) is 2.63. The summed E-state index contributed by atoms with van der Waals surface area (Å²) in [4.78, 5) is 28.0. The summed E-state index contributed by atoms with van der Waals surface area (Å²) in [6.07, 6.45) is 2.37. The van der Waals surface area contributed by atoms with Crippen LogP contribution >= 0.6 is 0 Å². The molecule has 1 rings (SSSR count). The van der Waals surface area contributed by atoms with Crippen LogP contribution < -0.4 is 5.32 Å². The molecule has 0 radical (unpaired) electrons. The van der Waals surface area contributed by atoms with Crippen molar-refractivity contribution in [2.24, 2.45) is 0 Å². The van der Waals surface area contributed by atoms with Crippen LogP contribution in [0.3, 0.4) is 0 Å². The van der Waals surface area contributed by atoms with Crippen LogP contribution in [0.2, 0.25) is 0 Å². The number of nitrogens with one attached hydrogen (secondary N) is 1. The lowest BCUT2D eigenvalue weighted by Crippen LogP contribution is -2.43. The average Bonchev–Trinajstić information content (AvgIpc) is 2.36. The summed E-state index contributed by atoms with van der Waals surface area (Å²) < 4.78 is 0. The lowest BCUT2D eigenvalue weighted by atomic mass is 10.2. The Bertz CT molecular complexity index is 449. The van der Waals surface area contributed by atoms with Gasteiger partial charge in [0.15, 0.2) is 0 Å². The van der Waals surface area contributed by atoms with Crippen LogP contribution in [0.5, 0.6) is 0 Å². The molecule has 0 aromatic carbocycles. The maximum absolute atomic E-state index is 11.9. The van der Waals surface area contributed by atoms with E-state index in [4.69, 9.17) is 5.11 Å². The Morgan fingerprint density at radius 2 is 2.21 bits per heavy atom. The van der Waals surface area contributed by atoms with Gasteiger partial charge < -0.3 is 15.3 Å². The molecule has 0 saturated heterocycles. The van der Waals surface area contributed by atoms with Crippen molar-refractivity contribution in [3.05, 3.63) is 29.6 Å². The number of aryl methyl sites for hydroxylation is 1. The molecule has 2 amide bonds. The molecule has 0 aliphatic rings. The topological polar surface area (TPSA) is 82.5 Å². The minimum absolute atomic E-state index is 0.291. The van der Waals surface area contributed by atoms with E-state index >= 15 is 0 Å². The standard InChI is InChI=1S/C13H19N3O3/c1-3-7-16(9-12(17)18)13(19)15-8-11-10(2)5-4-6-14-11/h4-6H,3,7-9H2,1-2H3,(H,15,19)(H,17,18). The summed E-state index contributed by atoms with van der Waals surface area (Å²) >= 11 is 0. The Balaban J connectivity index is 2.57. The normalized spacial score (nSPS) is 10.0. The molecule has 0 bridgehead atoms. The number of hydrogen-bond acceptors (Lipinski definition) is 3. The zero-order chi connectivity index (χ0) is 14.3. The quantitative estimate of drug-likeness (QED) is 0.814. The summed E-state index contributed by atoms with van der Waals surface area (Å²) in [6.45, 7) is 4.23. The van der Waals surface area contributed by atoms with Crippen molar-refractivity contribution in [3.63, 3.8) is 0 Å². The maximum Gasteiger partial charge on any atom is 0.323 e. The summed E-state index contributed by atoms with van der Waals surface area (Å²) in [5.41, 5.74) is 1.77. The van der Waals surface area contributed by atoms with Crippen LogP contribution in [0.4, 0.5) is 4.79 Å². The van der Waals surface area contributed by atoms with E-state index in [1.54, 1.807) is 6.20 Å². The van der Waals surface area contributed by atoms with Crippen molar-refractivity contribution >= 4 is 12.0 Å². The van der Waals surface area contributed by atoms with Gasteiger partial charge in [-0.05, 0) is 25.0 Å². The summed E-state index contributed by atoms with van der Waals surface area (Å²) in [5.74, 6) is -1.02. The molecule has 6 heteroatoms. The number of carboxylic acid groups (broad SMARTS) is 1. The monoisotopic (exact) mass is 265 g/mol. The summed E-state index contributed by atoms with van der Waals surface area (Å²) in [6, 6.07) is 3.36. The van der Waals surface area contributed by atoms with Gasteiger partial charge in [-0.25, -0.2) is 4.79 Å². The molecule has 104 valence electrons. The highest BCUT2D eigenvalue weighted by Crippen LogP contribution is 2.03. The largest absolute Gasteiger partial charge is 0.480 e. The van der Waals surface area contributed by atoms with Gasteiger partial charge in [0.2, 0.25) is 0 Å². The molecule has 0 aliphatic carbocycles. The first-order valence-corrected chi connectivity index (χ1v) is 6.19. The molecule has 1 aromatic rings. The third-order valence-electron chi connectivity index (χ3n) is 2.63. The van der Waals surface area contributed by atoms with Crippen molar-refractivity contribution in [1.82, 2.24) is 15.2 Å². The molecule has 2 N–H and O–H groups in total. The first-order valence-electron chi connectivity index (χ1n) is 6.19. The van der Waals surface area contributed by atoms with Crippen molar-refractivity contribution in [2.75, 3.05) is 13.1 Å². The highest BCUT2D eigenvalue weighted by molar-refractivity contribution is 5.80. The van der Waals surface area contributed by atoms with Crippen LogP contribution in [-0.2, 0) is 11.3 Å². The highest BCUT2D eigenvalue weighted by Gasteiger charge is 2.15. The number of aromatic nitrogens is 1. The number of aliphatic carboxylic acids is 1. The van der Waals surface area contributed by atoms with Crippen molar-refractivity contribution in [1.29, 1.82) is 0 Å². The molecule has 0 fully saturated rings. The van der Waals surface area contributed by atoms with E-state index in [0.717, 1.165) is 11.3 Å². The Hall–Kier alpha value is -2.11. The lowest BCUT2D eigenvalue weighted by Gasteiger charge is -2.20. The van der Waals surface area contributed by atoms with E-state index in [0.29, 0.717) is 19.5 Å². The van der Waals surface area contributed by atoms with Gasteiger partial charge in [0.1, 0.15) is 6.54 Å². The van der Waals surface area contributed by atoms with E-state index in [1.807, 2.05) is 26.0 Å². The number of nitrogens with zero attached hydrogens (tertiary/aromatic N) is 2. The SMILES string of the molecule is CCCN(CC(=O)O)C(=O)NCc1ncccc1C. The zero-order valence-electron chi connectivity index (χ0n) is 11.2. The fraction of sp³-hybridized carbons (Fsp3) is 0.462. The van der Waals surface area contributed by atoms with Gasteiger partial charge in [-0.15, -0.1) is 0 Å². The second-order valence-corrected chi connectivity index (χ2v) is 4.24. The Labute approximate surface area is 112 Å². The fourth-order valence-corrected chi connectivity index (χ4v) is 1.66. The van der Waals surface area contributed by atoms with E-state index in [1.165, 1.54) is 4.90 Å². The van der Waals surface area contributed by atoms with E-state index in [9.17, 15) is 9.59 Å². The number of rotatable bonds is 6. The first-order chi connectivity index (χ1) is 9.04. The lowest BCUT2D eigenvalue weighted by molar-refractivity contribution is -0.137.